The fraction of sp³-hybridized carbons (Fsp3) is 0.500. The summed E-state index contributed by atoms with van der Waals surface area (Å²) in [7, 11) is 0. The summed E-state index contributed by atoms with van der Waals surface area (Å²) < 4.78 is 6.55. The zero-order valence-electron chi connectivity index (χ0n) is 6.06. The van der Waals surface area contributed by atoms with Crippen molar-refractivity contribution in [1.82, 2.24) is 0 Å². The van der Waals surface area contributed by atoms with Crippen LogP contribution in [-0.4, -0.2) is 5.71 Å². The number of nitrogens with zero attached hydrogens (tertiary/aromatic N) is 1. The summed E-state index contributed by atoms with van der Waals surface area (Å²) in [5.41, 5.74) is 1.29. The van der Waals surface area contributed by atoms with E-state index in [4.69, 9.17) is 0 Å². The summed E-state index contributed by atoms with van der Waals surface area (Å²) in [6.07, 6.45) is 2.15. The van der Waals surface area contributed by atoms with Gasteiger partial charge in [-0.15, -0.1) is 0 Å². The Bertz CT molecular complexity index is 140. The van der Waals surface area contributed by atoms with Crippen LogP contribution in [0.15, 0.2) is 13.4 Å². The van der Waals surface area contributed by atoms with Gasteiger partial charge in [-0.2, -0.15) is 0 Å². The maximum Gasteiger partial charge on any atom is 1.00 e. The van der Waals surface area contributed by atoms with Crippen LogP contribution in [-0.2, 0) is 0 Å². The van der Waals surface area contributed by atoms with Crippen molar-refractivity contribution in [2.75, 3.05) is 0 Å². The Morgan fingerprint density at radius 1 is 1.56 bits per heavy atom. The molecular weight excluding hydrogens is 298 g/mol. The minimum atomic E-state index is 0. The second-order valence-corrected chi connectivity index (χ2v) is 3.81. The van der Waals surface area contributed by atoms with Crippen molar-refractivity contribution in [3.63, 3.8) is 0 Å². The van der Waals surface area contributed by atoms with Crippen molar-refractivity contribution in [3.05, 3.63) is 10.2 Å². The standard InChI is InChI=1S/C6H9IN.Rb/c1-5(2)6-3-4-7-8-6;/h3-5H,1-2H3;/q-1;+1. The van der Waals surface area contributed by atoms with E-state index in [-0.39, 0.29) is 79.7 Å². The number of allylic oxidation sites excluding steroid dienone is 1. The average Bonchev–Trinajstić information content (AvgIpc) is 2.12. The Balaban J connectivity index is 0.000000640. The van der Waals surface area contributed by atoms with Crippen LogP contribution in [0.2, 0.25) is 0 Å². The van der Waals surface area contributed by atoms with Gasteiger partial charge < -0.3 is 0 Å². The summed E-state index contributed by atoms with van der Waals surface area (Å²) in [5, 5.41) is 0. The maximum absolute atomic E-state index is 4.35. The van der Waals surface area contributed by atoms with Crippen LogP contribution in [0.1, 0.15) is 13.8 Å². The normalized spacial score (nSPS) is 16.6. The fourth-order valence-electron chi connectivity index (χ4n) is 0.495. The first-order valence-electron chi connectivity index (χ1n) is 2.68. The van der Waals surface area contributed by atoms with Gasteiger partial charge in [0.1, 0.15) is 0 Å². The van der Waals surface area contributed by atoms with E-state index in [1.54, 1.807) is 0 Å². The zero-order chi connectivity index (χ0) is 5.98. The number of hydrogen-bond donors (Lipinski definition) is 0. The molecule has 0 N–H and O–H groups in total. The molecule has 9 heavy (non-hydrogen) atoms. The molecule has 0 amide bonds. The van der Waals surface area contributed by atoms with Gasteiger partial charge in [0.05, 0.1) is 0 Å². The van der Waals surface area contributed by atoms with Crippen LogP contribution in [0.5, 0.6) is 0 Å². The number of halogens is 1. The summed E-state index contributed by atoms with van der Waals surface area (Å²) in [4.78, 5) is 0. The quantitative estimate of drug-likeness (QED) is 0.434. The van der Waals surface area contributed by atoms with Crippen molar-refractivity contribution in [1.29, 1.82) is 0 Å². The third-order valence-electron chi connectivity index (χ3n) is 1.03. The first-order chi connectivity index (χ1) is 3.80. The molecule has 1 heterocycles. The molecule has 0 fully saturated rings. The third kappa shape index (κ3) is 3.75. The van der Waals surface area contributed by atoms with Crippen molar-refractivity contribution in [2.45, 2.75) is 13.8 Å². The van der Waals surface area contributed by atoms with Crippen molar-refractivity contribution in [3.8, 4) is 0 Å². The third-order valence-corrected chi connectivity index (χ3v) is 2.54. The van der Waals surface area contributed by atoms with Crippen LogP contribution < -0.4 is 79.7 Å². The van der Waals surface area contributed by atoms with E-state index in [2.05, 4.69) is 27.2 Å². The molecule has 0 atom stereocenters. The Hall–Kier alpha value is 1.95. The SMILES string of the molecule is CC(C)C1=N[I-]C=C1.[Rb+]. The monoisotopic (exact) mass is 307 g/mol. The van der Waals surface area contributed by atoms with E-state index in [0.717, 1.165) is 0 Å². The molecule has 0 aromatic rings. The molecule has 1 nitrogen and oxygen atoms in total. The smallest absolute Gasteiger partial charge is 1.00 e. The molecule has 46 valence electrons. The molecular formula is C6H9INRb. The minimum absolute atomic E-state index is 0. The molecule has 0 saturated carbocycles. The van der Waals surface area contributed by atoms with Gasteiger partial charge >= 0.3 is 119 Å². The second kappa shape index (κ2) is 5.58. The Morgan fingerprint density at radius 2 is 2.22 bits per heavy atom. The molecule has 0 unspecified atom stereocenters. The predicted molar refractivity (Wildman–Crippen MR) is 31.4 cm³/mol. The van der Waals surface area contributed by atoms with E-state index in [1.165, 1.54) is 5.71 Å². The first kappa shape index (κ1) is 10.9. The number of hydrogen-bond acceptors (Lipinski definition) is 1. The molecule has 1 aliphatic heterocycles. The maximum atomic E-state index is 4.35. The van der Waals surface area contributed by atoms with E-state index in [0.29, 0.717) is 5.92 Å². The number of rotatable bonds is 1. The van der Waals surface area contributed by atoms with Crippen LogP contribution >= 0.6 is 0 Å². The van der Waals surface area contributed by atoms with Gasteiger partial charge in [0.25, 0.3) is 0 Å². The summed E-state index contributed by atoms with van der Waals surface area (Å²) in [5.74, 6) is 0.633. The molecule has 3 heteroatoms. The molecule has 0 radical (unpaired) electrons. The average molecular weight is 308 g/mol. The molecule has 1 rings (SSSR count). The molecule has 0 aromatic heterocycles. The molecule has 0 bridgehead atoms. The van der Waals surface area contributed by atoms with Crippen molar-refractivity contribution < 1.29 is 79.7 Å². The zero-order valence-corrected chi connectivity index (χ0v) is 13.1. The minimum Gasteiger partial charge on any atom is 1.00 e. The van der Waals surface area contributed by atoms with Gasteiger partial charge in [-0.25, -0.2) is 0 Å². The molecule has 0 spiro atoms. The van der Waals surface area contributed by atoms with Gasteiger partial charge in [-0.05, 0) is 0 Å². The van der Waals surface area contributed by atoms with Gasteiger partial charge in [-0.1, -0.05) is 0 Å². The topological polar surface area (TPSA) is 12.4 Å². The van der Waals surface area contributed by atoms with Gasteiger partial charge in [-0.3, -0.25) is 0 Å². The summed E-state index contributed by atoms with van der Waals surface area (Å²) in [6.45, 7) is 4.36. The van der Waals surface area contributed by atoms with E-state index < -0.39 is 0 Å². The first-order valence-corrected chi connectivity index (χ1v) is 4.89. The largest absolute Gasteiger partial charge is 1.00 e. The van der Waals surface area contributed by atoms with Gasteiger partial charge in [0.15, 0.2) is 0 Å². The van der Waals surface area contributed by atoms with Crippen molar-refractivity contribution >= 4 is 5.71 Å². The summed E-state index contributed by atoms with van der Waals surface area (Å²) >= 11 is 0.0759. The molecule has 0 aliphatic carbocycles. The van der Waals surface area contributed by atoms with Crippen LogP contribution in [0.3, 0.4) is 0 Å². The van der Waals surface area contributed by atoms with Crippen LogP contribution in [0.4, 0.5) is 0 Å². The van der Waals surface area contributed by atoms with E-state index >= 15 is 0 Å². The van der Waals surface area contributed by atoms with E-state index in [1.807, 2.05) is 0 Å². The molecule has 0 aromatic carbocycles. The van der Waals surface area contributed by atoms with E-state index in [9.17, 15) is 0 Å². The summed E-state index contributed by atoms with van der Waals surface area (Å²) in [6, 6.07) is 0. The predicted octanol–water partition coefficient (Wildman–Crippen LogP) is -4.38. The van der Waals surface area contributed by atoms with Gasteiger partial charge in [0.2, 0.25) is 0 Å². The second-order valence-electron chi connectivity index (χ2n) is 2.05. The van der Waals surface area contributed by atoms with Crippen LogP contribution in [0.25, 0.3) is 0 Å². The molecule has 1 aliphatic rings. The molecule has 0 saturated heterocycles. The Labute approximate surface area is 116 Å². The van der Waals surface area contributed by atoms with Gasteiger partial charge in [0, 0.05) is 0 Å². The van der Waals surface area contributed by atoms with Crippen LogP contribution in [0, 0.1) is 5.92 Å². The Morgan fingerprint density at radius 3 is 2.44 bits per heavy atom. The van der Waals surface area contributed by atoms with Crippen molar-refractivity contribution in [2.24, 2.45) is 9.12 Å². The fourth-order valence-corrected chi connectivity index (χ4v) is 2.22. The Kier molecular flexibility index (Phi) is 6.78.